The van der Waals surface area contributed by atoms with Gasteiger partial charge in [-0.2, -0.15) is 9.40 Å². The molecule has 1 aliphatic rings. The van der Waals surface area contributed by atoms with Crippen LogP contribution in [0.3, 0.4) is 0 Å². The highest BCUT2D eigenvalue weighted by Gasteiger charge is 2.39. The maximum absolute atomic E-state index is 12.2. The Morgan fingerprint density at radius 2 is 2.24 bits per heavy atom. The monoisotopic (exact) mass is 260 g/mol. The van der Waals surface area contributed by atoms with Crippen molar-refractivity contribution in [3.05, 3.63) is 6.20 Å². The summed E-state index contributed by atoms with van der Waals surface area (Å²) in [6.07, 6.45) is 1.80. The van der Waals surface area contributed by atoms with Crippen LogP contribution >= 0.6 is 0 Å². The van der Waals surface area contributed by atoms with Crippen LogP contribution in [0.2, 0.25) is 0 Å². The Morgan fingerprint density at radius 1 is 1.59 bits per heavy atom. The van der Waals surface area contributed by atoms with Gasteiger partial charge in [0.1, 0.15) is 4.90 Å². The average Bonchev–Trinajstić information content (AvgIpc) is 2.69. The van der Waals surface area contributed by atoms with E-state index in [4.69, 9.17) is 5.73 Å². The largest absolute Gasteiger partial charge is 0.389 e. The first-order valence-corrected chi connectivity index (χ1v) is 6.68. The van der Waals surface area contributed by atoms with E-state index in [1.54, 1.807) is 14.0 Å². The Balaban J connectivity index is 2.35. The van der Waals surface area contributed by atoms with Gasteiger partial charge in [-0.15, -0.1) is 0 Å². The first kappa shape index (κ1) is 12.3. The minimum atomic E-state index is -3.65. The Hall–Kier alpha value is -1.12. The van der Waals surface area contributed by atoms with Gasteiger partial charge in [-0.1, -0.05) is 0 Å². The molecule has 0 bridgehead atoms. The zero-order valence-electron chi connectivity index (χ0n) is 9.79. The quantitative estimate of drug-likeness (QED) is 0.721. The van der Waals surface area contributed by atoms with Crippen LogP contribution in [0.15, 0.2) is 11.1 Å². The summed E-state index contributed by atoms with van der Waals surface area (Å²) in [5.41, 5.74) is 4.59. The van der Waals surface area contributed by atoms with Crippen molar-refractivity contribution < 1.29 is 13.5 Å². The lowest BCUT2D eigenvalue weighted by Crippen LogP contribution is -2.34. The van der Waals surface area contributed by atoms with Crippen LogP contribution in [-0.2, 0) is 17.1 Å². The normalized spacial score (nSPS) is 26.5. The van der Waals surface area contributed by atoms with E-state index >= 15 is 0 Å². The summed E-state index contributed by atoms with van der Waals surface area (Å²) in [5.74, 6) is -0.0148. The van der Waals surface area contributed by atoms with E-state index in [1.807, 2.05) is 0 Å². The van der Waals surface area contributed by atoms with Gasteiger partial charge in [0.25, 0.3) is 0 Å². The number of aryl methyl sites for hydroxylation is 1. The summed E-state index contributed by atoms with van der Waals surface area (Å²) in [4.78, 5) is -0.00213. The van der Waals surface area contributed by atoms with Crippen LogP contribution in [0.1, 0.15) is 13.3 Å². The lowest BCUT2D eigenvalue weighted by Gasteiger charge is -2.18. The first-order chi connectivity index (χ1) is 7.72. The minimum absolute atomic E-state index is 0.00213. The number of hydrogen-bond acceptors (Lipinski definition) is 5. The second-order valence-corrected chi connectivity index (χ2v) is 6.54. The van der Waals surface area contributed by atoms with E-state index in [2.05, 4.69) is 5.10 Å². The third-order valence-electron chi connectivity index (χ3n) is 2.86. The van der Waals surface area contributed by atoms with Crippen molar-refractivity contribution in [2.24, 2.45) is 7.05 Å². The van der Waals surface area contributed by atoms with Crippen molar-refractivity contribution in [2.75, 3.05) is 18.8 Å². The number of aromatic nitrogens is 2. The van der Waals surface area contributed by atoms with Gasteiger partial charge in [0.15, 0.2) is 5.82 Å². The summed E-state index contributed by atoms with van der Waals surface area (Å²) in [5, 5.41) is 13.6. The number of rotatable bonds is 2. The maximum atomic E-state index is 12.2. The average molecular weight is 260 g/mol. The molecule has 0 saturated carbocycles. The predicted octanol–water partition coefficient (Wildman–Crippen LogP) is -0.852. The number of nitrogens with two attached hydrogens (primary N) is 1. The van der Waals surface area contributed by atoms with E-state index in [9.17, 15) is 13.5 Å². The lowest BCUT2D eigenvalue weighted by molar-refractivity contribution is 0.0762. The highest BCUT2D eigenvalue weighted by atomic mass is 32.2. The fourth-order valence-corrected chi connectivity index (χ4v) is 3.58. The molecule has 96 valence electrons. The summed E-state index contributed by atoms with van der Waals surface area (Å²) >= 11 is 0. The Kier molecular flexibility index (Phi) is 2.68. The summed E-state index contributed by atoms with van der Waals surface area (Å²) in [6.45, 7) is 2.00. The van der Waals surface area contributed by atoms with Gasteiger partial charge >= 0.3 is 0 Å². The molecule has 3 N–H and O–H groups in total. The van der Waals surface area contributed by atoms with Crippen molar-refractivity contribution in [3.63, 3.8) is 0 Å². The molecule has 1 aromatic heterocycles. The van der Waals surface area contributed by atoms with Crippen molar-refractivity contribution in [1.29, 1.82) is 0 Å². The molecular weight excluding hydrogens is 244 g/mol. The number of aliphatic hydroxyl groups is 1. The van der Waals surface area contributed by atoms with Gasteiger partial charge in [-0.3, -0.25) is 4.68 Å². The number of nitrogens with zero attached hydrogens (tertiary/aromatic N) is 3. The zero-order valence-corrected chi connectivity index (χ0v) is 10.6. The lowest BCUT2D eigenvalue weighted by atomic mass is 10.1. The molecule has 1 atom stereocenters. The molecule has 0 aliphatic carbocycles. The number of β-amino-alcohol motifs (C(OH)–C–C–N with tert-alkyl or cyclic N) is 1. The number of nitrogen functional groups attached to an aromatic ring is 1. The van der Waals surface area contributed by atoms with E-state index in [-0.39, 0.29) is 17.3 Å². The van der Waals surface area contributed by atoms with Crippen LogP contribution in [0.25, 0.3) is 0 Å². The standard InChI is InChI=1S/C9H16N4O3S/c1-9(14)3-4-13(6-9)17(15,16)7-5-12(2)11-8(7)10/h5,14H,3-4,6H2,1-2H3,(H2,10,11). The molecule has 0 aromatic carbocycles. The van der Waals surface area contributed by atoms with Gasteiger partial charge < -0.3 is 10.8 Å². The number of sulfonamides is 1. The molecule has 1 fully saturated rings. The molecule has 17 heavy (non-hydrogen) atoms. The highest BCUT2D eigenvalue weighted by molar-refractivity contribution is 7.89. The fraction of sp³-hybridized carbons (Fsp3) is 0.667. The number of anilines is 1. The van der Waals surface area contributed by atoms with Crippen molar-refractivity contribution in [3.8, 4) is 0 Å². The molecule has 0 radical (unpaired) electrons. The van der Waals surface area contributed by atoms with Crippen molar-refractivity contribution >= 4 is 15.8 Å². The molecule has 1 aromatic rings. The molecule has 0 spiro atoms. The van der Waals surface area contributed by atoms with Crippen LogP contribution < -0.4 is 5.73 Å². The first-order valence-electron chi connectivity index (χ1n) is 5.24. The molecule has 1 saturated heterocycles. The van der Waals surface area contributed by atoms with Gasteiger partial charge in [0.2, 0.25) is 10.0 Å². The Morgan fingerprint density at radius 3 is 2.65 bits per heavy atom. The van der Waals surface area contributed by atoms with Crippen LogP contribution in [0, 0.1) is 0 Å². The molecule has 8 heteroatoms. The van der Waals surface area contributed by atoms with E-state index in [0.717, 1.165) is 0 Å². The molecule has 1 unspecified atom stereocenters. The van der Waals surface area contributed by atoms with Gasteiger partial charge in [0, 0.05) is 26.3 Å². The number of hydrogen-bond donors (Lipinski definition) is 2. The molecule has 0 amide bonds. The predicted molar refractivity (Wildman–Crippen MR) is 61.6 cm³/mol. The zero-order chi connectivity index (χ0) is 12.8. The van der Waals surface area contributed by atoms with Crippen molar-refractivity contribution in [1.82, 2.24) is 14.1 Å². The van der Waals surface area contributed by atoms with E-state index < -0.39 is 15.6 Å². The SMILES string of the molecule is Cn1cc(S(=O)(=O)N2CCC(C)(O)C2)c(N)n1. The topological polar surface area (TPSA) is 101 Å². The summed E-state index contributed by atoms with van der Waals surface area (Å²) in [6, 6.07) is 0. The molecular formula is C9H16N4O3S. The van der Waals surface area contributed by atoms with Gasteiger partial charge in [-0.25, -0.2) is 8.42 Å². The second kappa shape index (κ2) is 3.69. The maximum Gasteiger partial charge on any atom is 0.248 e. The van der Waals surface area contributed by atoms with Gasteiger partial charge in [0.05, 0.1) is 5.60 Å². The van der Waals surface area contributed by atoms with Crippen LogP contribution in [0.5, 0.6) is 0 Å². The molecule has 1 aliphatic heterocycles. The fourth-order valence-electron chi connectivity index (χ4n) is 1.93. The summed E-state index contributed by atoms with van der Waals surface area (Å²) in [7, 11) is -2.05. The van der Waals surface area contributed by atoms with Gasteiger partial charge in [-0.05, 0) is 13.3 Å². The minimum Gasteiger partial charge on any atom is -0.389 e. The van der Waals surface area contributed by atoms with Crippen LogP contribution in [-0.4, -0.2) is 46.3 Å². The molecule has 2 rings (SSSR count). The molecule has 7 nitrogen and oxygen atoms in total. The van der Waals surface area contributed by atoms with Crippen molar-refractivity contribution in [2.45, 2.75) is 23.8 Å². The third kappa shape index (κ3) is 2.15. The van der Waals surface area contributed by atoms with E-state index in [0.29, 0.717) is 13.0 Å². The van der Waals surface area contributed by atoms with E-state index in [1.165, 1.54) is 15.2 Å². The summed E-state index contributed by atoms with van der Waals surface area (Å²) < 4.78 is 27.1. The van der Waals surface area contributed by atoms with Crippen LogP contribution in [0.4, 0.5) is 5.82 Å². The smallest absolute Gasteiger partial charge is 0.248 e. The Bertz CT molecular complexity index is 534. The Labute approximate surface area is 99.9 Å². The second-order valence-electron chi connectivity index (χ2n) is 4.64. The highest BCUT2D eigenvalue weighted by Crippen LogP contribution is 2.28. The molecule has 2 heterocycles. The third-order valence-corrected chi connectivity index (χ3v) is 4.72.